The highest BCUT2D eigenvalue weighted by atomic mass is 32.1. The van der Waals surface area contributed by atoms with Gasteiger partial charge in [-0.25, -0.2) is 0 Å². The maximum atomic E-state index is 12.9. The van der Waals surface area contributed by atoms with Crippen LogP contribution in [0, 0.1) is 4.77 Å². The van der Waals surface area contributed by atoms with Gasteiger partial charge in [-0.3, -0.25) is 5.10 Å². The SMILES string of the molecule is CCn1c(-c2cccc(OC(F)(F)C(F)F)c2)n[nH]c1=S. The Hall–Kier alpha value is -1.90. The van der Waals surface area contributed by atoms with Crippen LogP contribution >= 0.6 is 12.2 Å². The van der Waals surface area contributed by atoms with Crippen LogP contribution in [0.3, 0.4) is 0 Å². The standard InChI is InChI=1S/C12H11F4N3OS/c1-2-19-9(17-18-11(19)21)7-4-3-5-8(6-7)20-12(15,16)10(13)14/h3-6,10H,2H2,1H3,(H,18,21). The smallest absolute Gasteiger partial charge is 0.428 e. The van der Waals surface area contributed by atoms with Crippen LogP contribution in [-0.4, -0.2) is 27.3 Å². The van der Waals surface area contributed by atoms with Crippen molar-refractivity contribution >= 4 is 12.2 Å². The van der Waals surface area contributed by atoms with Gasteiger partial charge < -0.3 is 9.30 Å². The number of alkyl halides is 4. The van der Waals surface area contributed by atoms with E-state index in [0.29, 0.717) is 22.7 Å². The number of halogens is 4. The van der Waals surface area contributed by atoms with Crippen LogP contribution in [0.5, 0.6) is 5.75 Å². The van der Waals surface area contributed by atoms with E-state index in [4.69, 9.17) is 12.2 Å². The molecule has 4 nitrogen and oxygen atoms in total. The summed E-state index contributed by atoms with van der Waals surface area (Å²) in [7, 11) is 0. The highest BCUT2D eigenvalue weighted by Gasteiger charge is 2.44. The second-order valence-electron chi connectivity index (χ2n) is 4.09. The van der Waals surface area contributed by atoms with Gasteiger partial charge in [-0.1, -0.05) is 12.1 Å². The quantitative estimate of drug-likeness (QED) is 0.671. The third-order valence-corrected chi connectivity index (χ3v) is 2.99. The van der Waals surface area contributed by atoms with Crippen molar-refractivity contribution in [3.8, 4) is 17.1 Å². The molecule has 21 heavy (non-hydrogen) atoms. The fourth-order valence-electron chi connectivity index (χ4n) is 1.73. The predicted octanol–water partition coefficient (Wildman–Crippen LogP) is 3.86. The summed E-state index contributed by atoms with van der Waals surface area (Å²) in [6.07, 6.45) is -8.46. The molecule has 0 unspecified atom stereocenters. The topological polar surface area (TPSA) is 42.8 Å². The Labute approximate surface area is 122 Å². The molecule has 1 aromatic carbocycles. The van der Waals surface area contributed by atoms with E-state index in [1.807, 2.05) is 6.92 Å². The Morgan fingerprint density at radius 2 is 2.14 bits per heavy atom. The first kappa shape index (κ1) is 15.5. The number of nitrogens with one attached hydrogen (secondary N) is 1. The van der Waals surface area contributed by atoms with Gasteiger partial charge >= 0.3 is 12.5 Å². The van der Waals surface area contributed by atoms with Crippen molar-refractivity contribution in [3.05, 3.63) is 29.0 Å². The van der Waals surface area contributed by atoms with E-state index < -0.39 is 12.5 Å². The average Bonchev–Trinajstić information content (AvgIpc) is 2.79. The minimum atomic E-state index is -4.55. The summed E-state index contributed by atoms with van der Waals surface area (Å²) in [6.45, 7) is 2.35. The summed E-state index contributed by atoms with van der Waals surface area (Å²) in [4.78, 5) is 0. The number of hydrogen-bond acceptors (Lipinski definition) is 3. The Balaban J connectivity index is 2.36. The third kappa shape index (κ3) is 3.23. The average molecular weight is 321 g/mol. The molecule has 0 atom stereocenters. The van der Waals surface area contributed by atoms with Gasteiger partial charge in [0.25, 0.3) is 0 Å². The lowest BCUT2D eigenvalue weighted by molar-refractivity contribution is -0.253. The van der Waals surface area contributed by atoms with E-state index >= 15 is 0 Å². The van der Waals surface area contributed by atoms with Gasteiger partial charge in [-0.2, -0.15) is 22.7 Å². The molecule has 0 bridgehead atoms. The minimum Gasteiger partial charge on any atom is -0.428 e. The zero-order chi connectivity index (χ0) is 15.6. The first-order chi connectivity index (χ1) is 9.85. The molecule has 0 amide bonds. The van der Waals surface area contributed by atoms with Crippen molar-refractivity contribution in [1.29, 1.82) is 0 Å². The van der Waals surface area contributed by atoms with E-state index in [-0.39, 0.29) is 5.75 Å². The minimum absolute atomic E-state index is 0.372. The molecule has 2 aromatic rings. The number of aromatic nitrogens is 3. The Kier molecular flexibility index (Phi) is 4.31. The van der Waals surface area contributed by atoms with Crippen molar-refractivity contribution in [2.45, 2.75) is 26.0 Å². The van der Waals surface area contributed by atoms with Crippen molar-refractivity contribution in [1.82, 2.24) is 14.8 Å². The highest BCUT2D eigenvalue weighted by molar-refractivity contribution is 7.71. The van der Waals surface area contributed by atoms with Crippen molar-refractivity contribution in [2.24, 2.45) is 0 Å². The summed E-state index contributed by atoms with van der Waals surface area (Å²) in [5, 5.41) is 6.56. The summed E-state index contributed by atoms with van der Waals surface area (Å²) >= 11 is 5.02. The molecular weight excluding hydrogens is 310 g/mol. The number of aromatic amines is 1. The van der Waals surface area contributed by atoms with Gasteiger partial charge in [-0.05, 0) is 31.3 Å². The van der Waals surface area contributed by atoms with Gasteiger partial charge in [-0.15, -0.1) is 0 Å². The molecule has 0 aliphatic rings. The van der Waals surface area contributed by atoms with Crippen LogP contribution in [0.25, 0.3) is 11.4 Å². The van der Waals surface area contributed by atoms with Gasteiger partial charge in [0.05, 0.1) is 0 Å². The fourth-order valence-corrected chi connectivity index (χ4v) is 1.99. The molecule has 0 aliphatic carbocycles. The molecule has 0 aliphatic heterocycles. The fraction of sp³-hybridized carbons (Fsp3) is 0.333. The largest absolute Gasteiger partial charge is 0.461 e. The van der Waals surface area contributed by atoms with Crippen molar-refractivity contribution in [2.75, 3.05) is 0 Å². The van der Waals surface area contributed by atoms with E-state index in [1.165, 1.54) is 12.1 Å². The monoisotopic (exact) mass is 321 g/mol. The summed E-state index contributed by atoms with van der Waals surface area (Å²) < 4.78 is 56.1. The molecule has 1 N–H and O–H groups in total. The first-order valence-electron chi connectivity index (χ1n) is 5.95. The van der Waals surface area contributed by atoms with Crippen LogP contribution in [-0.2, 0) is 6.54 Å². The number of H-pyrrole nitrogens is 1. The molecule has 9 heteroatoms. The van der Waals surface area contributed by atoms with Gasteiger partial charge in [0.2, 0.25) is 0 Å². The van der Waals surface area contributed by atoms with Gasteiger partial charge in [0.1, 0.15) is 5.75 Å². The van der Waals surface area contributed by atoms with E-state index in [9.17, 15) is 17.6 Å². The second kappa shape index (κ2) is 5.84. The molecule has 0 spiro atoms. The Morgan fingerprint density at radius 1 is 1.43 bits per heavy atom. The van der Waals surface area contributed by atoms with Crippen LogP contribution in [0.1, 0.15) is 6.92 Å². The maximum absolute atomic E-state index is 12.9. The zero-order valence-electron chi connectivity index (χ0n) is 10.8. The zero-order valence-corrected chi connectivity index (χ0v) is 11.6. The predicted molar refractivity (Wildman–Crippen MR) is 70.1 cm³/mol. The molecule has 1 heterocycles. The maximum Gasteiger partial charge on any atom is 0.461 e. The molecule has 0 saturated carbocycles. The molecule has 2 rings (SSSR count). The number of nitrogens with zero attached hydrogens (tertiary/aromatic N) is 2. The highest BCUT2D eigenvalue weighted by Crippen LogP contribution is 2.30. The lowest BCUT2D eigenvalue weighted by Crippen LogP contribution is -2.33. The molecule has 0 fully saturated rings. The molecule has 0 saturated heterocycles. The molecule has 114 valence electrons. The normalized spacial score (nSPS) is 11.9. The van der Waals surface area contributed by atoms with Crippen LogP contribution < -0.4 is 4.74 Å². The third-order valence-electron chi connectivity index (χ3n) is 2.67. The summed E-state index contributed by atoms with van der Waals surface area (Å²) in [5.74, 6) is 0.0303. The van der Waals surface area contributed by atoms with Crippen molar-refractivity contribution in [3.63, 3.8) is 0 Å². The molecular formula is C12H11F4N3OS. The van der Waals surface area contributed by atoms with Gasteiger partial charge in [0.15, 0.2) is 10.6 Å². The van der Waals surface area contributed by atoms with Crippen LogP contribution in [0.15, 0.2) is 24.3 Å². The number of benzene rings is 1. The number of hydrogen-bond donors (Lipinski definition) is 1. The van der Waals surface area contributed by atoms with Crippen LogP contribution in [0.2, 0.25) is 0 Å². The Bertz CT molecular complexity index is 683. The van der Waals surface area contributed by atoms with E-state index in [1.54, 1.807) is 10.6 Å². The van der Waals surface area contributed by atoms with E-state index in [0.717, 1.165) is 6.07 Å². The van der Waals surface area contributed by atoms with Crippen molar-refractivity contribution < 1.29 is 22.3 Å². The van der Waals surface area contributed by atoms with Crippen LogP contribution in [0.4, 0.5) is 17.6 Å². The Morgan fingerprint density at radius 3 is 2.76 bits per heavy atom. The number of ether oxygens (including phenoxy) is 1. The van der Waals surface area contributed by atoms with Gasteiger partial charge in [0, 0.05) is 12.1 Å². The first-order valence-corrected chi connectivity index (χ1v) is 6.36. The summed E-state index contributed by atoms with van der Waals surface area (Å²) in [5.41, 5.74) is 0.423. The molecule has 1 aromatic heterocycles. The second-order valence-corrected chi connectivity index (χ2v) is 4.48. The lowest BCUT2D eigenvalue weighted by atomic mass is 10.2. The summed E-state index contributed by atoms with van der Waals surface area (Å²) in [6, 6.07) is 5.36. The van der Waals surface area contributed by atoms with E-state index in [2.05, 4.69) is 14.9 Å². The number of rotatable bonds is 5. The lowest BCUT2D eigenvalue weighted by Gasteiger charge is -2.17. The molecule has 0 radical (unpaired) electrons.